The van der Waals surface area contributed by atoms with E-state index in [4.69, 9.17) is 42.6 Å². The average Bonchev–Trinajstić information content (AvgIpc) is 0.839. The zero-order valence-corrected chi connectivity index (χ0v) is 60.6. The lowest BCUT2D eigenvalue weighted by molar-refractivity contribution is -0.301. The standard InChI is InChI=1S/C69H124N6O29/c1-46(79)20-8-6-4-2-3-5-7-9-25-56(86)75-69(43-96-37-26-53(83)70-29-14-10-21-47(80)22-11-15-34-99-66-63(93)60(90)57(87)48(40-76)102-66,44-97-38-27-54(84)73-32-18-30-71-51(81)23-12-16-35-100-67-64(94)61(91)58(88)49(41-77)103-67)45-98-39-28-55(85)74-33-19-31-72-52(82)24-13-17-36-101-68-65(95)62(92)59(89)50(42-78)104-68/h48-50,57-68,76-78,87-95H,2-45H2,1H3,(H,70,83)(H,71,81)(H,72,82)(H,73,84)(H,74,85)(H,75,86)/t48?,49?,50?,57-,58-,59-,60+,61+,62+,63?,64?,65?,66+,67+,68+,69?/m1/s1. The molecular formula is C69H124N6O29. The van der Waals surface area contributed by atoms with Gasteiger partial charge in [0.05, 0.1) is 59.5 Å². The fourth-order valence-electron chi connectivity index (χ4n) is 11.4. The molecule has 104 heavy (non-hydrogen) atoms. The SMILES string of the molecule is CC(=O)CCCCCCCCCCC(=O)NC(COCCC(=O)NCCCCC(=O)CCCCO[C@H]1OC(CO)[C@@H](O)[C@H](O)C1O)(COCCC(=O)NCCCNC(=O)CCCCO[C@H]1OC(CO)[C@@H](O)[C@H](O)C1O)COCCC(=O)NCCCNC(=O)CCCCO[C@H]1OC(CO)[C@@H](O)[C@H](O)C1O. The van der Waals surface area contributed by atoms with Crippen LogP contribution in [0.15, 0.2) is 0 Å². The Morgan fingerprint density at radius 2 is 0.587 bits per heavy atom. The molecule has 0 aromatic carbocycles. The number of amides is 6. The van der Waals surface area contributed by atoms with Crippen LogP contribution < -0.4 is 31.9 Å². The highest BCUT2D eigenvalue weighted by Crippen LogP contribution is 2.26. The van der Waals surface area contributed by atoms with E-state index in [0.29, 0.717) is 77.0 Å². The molecule has 3 rings (SSSR count). The summed E-state index contributed by atoms with van der Waals surface area (Å²) >= 11 is 0. The number of hydrogen-bond acceptors (Lipinski definition) is 29. The molecule has 35 heteroatoms. The van der Waals surface area contributed by atoms with Crippen LogP contribution in [-0.4, -0.2) is 318 Å². The Balaban J connectivity index is 1.51. The monoisotopic (exact) mass is 1500 g/mol. The zero-order valence-electron chi connectivity index (χ0n) is 60.6. The summed E-state index contributed by atoms with van der Waals surface area (Å²) in [6, 6.07) is 0. The van der Waals surface area contributed by atoms with Gasteiger partial charge in [0.1, 0.15) is 90.4 Å². The van der Waals surface area contributed by atoms with Crippen LogP contribution in [0.25, 0.3) is 0 Å². The molecule has 3 saturated heterocycles. The first-order valence-electron chi connectivity index (χ1n) is 37.1. The van der Waals surface area contributed by atoms with Crippen molar-refractivity contribution in [1.82, 2.24) is 31.9 Å². The third kappa shape index (κ3) is 39.4. The van der Waals surface area contributed by atoms with E-state index in [0.717, 1.165) is 44.9 Å². The summed E-state index contributed by atoms with van der Waals surface area (Å²) in [6.45, 7) is 0.419. The van der Waals surface area contributed by atoms with Crippen molar-refractivity contribution in [2.45, 2.75) is 278 Å². The fourth-order valence-corrected chi connectivity index (χ4v) is 11.4. The van der Waals surface area contributed by atoms with E-state index in [9.17, 15) is 99.6 Å². The van der Waals surface area contributed by atoms with Gasteiger partial charge in [-0.25, -0.2) is 0 Å². The molecule has 0 saturated carbocycles. The van der Waals surface area contributed by atoms with Crippen LogP contribution in [0, 0.1) is 0 Å². The van der Waals surface area contributed by atoms with Crippen molar-refractivity contribution in [2.24, 2.45) is 0 Å². The minimum absolute atomic E-state index is 0.00922. The first-order chi connectivity index (χ1) is 50.0. The number of ketones is 2. The molecule has 0 radical (unpaired) electrons. The van der Waals surface area contributed by atoms with Crippen LogP contribution >= 0.6 is 0 Å². The van der Waals surface area contributed by atoms with E-state index in [2.05, 4.69) is 31.9 Å². The highest BCUT2D eigenvalue weighted by Gasteiger charge is 2.46. The van der Waals surface area contributed by atoms with Gasteiger partial charge in [0.25, 0.3) is 0 Å². The lowest BCUT2D eigenvalue weighted by Crippen LogP contribution is -2.59. The zero-order chi connectivity index (χ0) is 76.5. The summed E-state index contributed by atoms with van der Waals surface area (Å²) in [4.78, 5) is 102. The molecule has 6 amide bonds. The summed E-state index contributed by atoms with van der Waals surface area (Å²) in [5.74, 6) is -1.67. The summed E-state index contributed by atoms with van der Waals surface area (Å²) in [5, 5.41) is 135. The van der Waals surface area contributed by atoms with Gasteiger partial charge in [-0.15, -0.1) is 0 Å². The molecule has 0 aromatic rings. The molecule has 0 bridgehead atoms. The summed E-state index contributed by atoms with van der Waals surface area (Å²) in [7, 11) is 0. The topological polar surface area (TPSA) is 535 Å². The van der Waals surface area contributed by atoms with Crippen LogP contribution in [0.4, 0.5) is 0 Å². The summed E-state index contributed by atoms with van der Waals surface area (Å²) in [5.41, 5.74) is -1.38. The second-order valence-electron chi connectivity index (χ2n) is 26.8. The van der Waals surface area contributed by atoms with Crippen molar-refractivity contribution in [1.29, 1.82) is 0 Å². The molecule has 0 aliphatic carbocycles. The van der Waals surface area contributed by atoms with Gasteiger partial charge in [-0.05, 0) is 84.0 Å². The van der Waals surface area contributed by atoms with Crippen LogP contribution in [0.3, 0.4) is 0 Å². The van der Waals surface area contributed by atoms with Gasteiger partial charge in [0.15, 0.2) is 18.9 Å². The summed E-state index contributed by atoms with van der Waals surface area (Å²) in [6.07, 6.45) is -8.04. The third-order valence-electron chi connectivity index (χ3n) is 17.7. The molecule has 35 nitrogen and oxygen atoms in total. The Bertz CT molecular complexity index is 2170. The molecule has 604 valence electrons. The highest BCUT2D eigenvalue weighted by atomic mass is 16.7. The molecule has 0 aromatic heterocycles. The predicted molar refractivity (Wildman–Crippen MR) is 368 cm³/mol. The number of aliphatic hydroxyl groups excluding tert-OH is 12. The van der Waals surface area contributed by atoms with E-state index >= 15 is 0 Å². The molecule has 18 N–H and O–H groups in total. The van der Waals surface area contributed by atoms with Gasteiger partial charge in [-0.1, -0.05) is 38.5 Å². The molecule has 15 atom stereocenters. The van der Waals surface area contributed by atoms with Crippen molar-refractivity contribution in [3.05, 3.63) is 0 Å². The van der Waals surface area contributed by atoms with Gasteiger partial charge < -0.3 is 141 Å². The number of unbranched alkanes of at least 4 members (excludes halogenated alkanes) is 11. The fraction of sp³-hybridized carbons (Fsp3) is 0.884. The molecule has 3 aliphatic heterocycles. The number of Topliss-reactive ketones (excluding diaryl/α,β-unsaturated/α-hetero) is 2. The van der Waals surface area contributed by atoms with Crippen molar-refractivity contribution < 1.29 is 142 Å². The van der Waals surface area contributed by atoms with Crippen molar-refractivity contribution in [3.63, 3.8) is 0 Å². The van der Waals surface area contributed by atoms with E-state index in [1.54, 1.807) is 6.92 Å². The van der Waals surface area contributed by atoms with Gasteiger partial charge in [-0.3, -0.25) is 33.6 Å². The largest absolute Gasteiger partial charge is 0.394 e. The number of nitrogens with one attached hydrogen (secondary N) is 6. The quantitative estimate of drug-likeness (QED) is 0.0264. The number of rotatable bonds is 61. The smallest absolute Gasteiger partial charge is 0.222 e. The number of ether oxygens (including phenoxy) is 9. The molecule has 0 spiro atoms. The Morgan fingerprint density at radius 3 is 0.923 bits per heavy atom. The van der Waals surface area contributed by atoms with Gasteiger partial charge in [-0.2, -0.15) is 0 Å². The number of carbonyl (C=O) groups excluding carboxylic acids is 8. The molecular weight excluding hydrogens is 1380 g/mol. The number of carbonyl (C=O) groups is 8. The van der Waals surface area contributed by atoms with Crippen LogP contribution in [0.5, 0.6) is 0 Å². The molecule has 3 aliphatic rings. The predicted octanol–water partition coefficient (Wildman–Crippen LogP) is -3.39. The van der Waals surface area contributed by atoms with Gasteiger partial charge in [0, 0.05) is 110 Å². The van der Waals surface area contributed by atoms with Gasteiger partial charge in [0.2, 0.25) is 35.4 Å². The Morgan fingerprint density at radius 1 is 0.308 bits per heavy atom. The van der Waals surface area contributed by atoms with Crippen molar-refractivity contribution in [2.75, 3.05) is 112 Å². The molecule has 3 fully saturated rings. The number of hydrogen-bond donors (Lipinski definition) is 18. The van der Waals surface area contributed by atoms with Gasteiger partial charge >= 0.3 is 0 Å². The lowest BCUT2D eigenvalue weighted by atomic mass is 9.99. The molecule has 6 unspecified atom stereocenters. The Hall–Kier alpha value is -4.68. The van der Waals surface area contributed by atoms with Crippen LogP contribution in [0.1, 0.15) is 180 Å². The second-order valence-corrected chi connectivity index (χ2v) is 26.8. The Kier molecular flexibility index (Phi) is 50.1. The average molecular weight is 1500 g/mol. The van der Waals surface area contributed by atoms with Crippen LogP contribution in [0.2, 0.25) is 0 Å². The maximum Gasteiger partial charge on any atom is 0.222 e. The minimum Gasteiger partial charge on any atom is -0.394 e. The van der Waals surface area contributed by atoms with E-state index in [1.807, 2.05) is 0 Å². The van der Waals surface area contributed by atoms with Crippen LogP contribution in [-0.2, 0) is 81.0 Å². The molecule has 3 heterocycles. The highest BCUT2D eigenvalue weighted by molar-refractivity contribution is 5.79. The first kappa shape index (κ1) is 93.5. The maximum absolute atomic E-state index is 13.8. The first-order valence-corrected chi connectivity index (χ1v) is 37.1. The van der Waals surface area contributed by atoms with E-state index < -0.39 is 117 Å². The summed E-state index contributed by atoms with van der Waals surface area (Å²) < 4.78 is 50.6. The van der Waals surface area contributed by atoms with Crippen molar-refractivity contribution in [3.8, 4) is 0 Å². The maximum atomic E-state index is 13.8. The lowest BCUT2D eigenvalue weighted by Gasteiger charge is -2.39. The number of aliphatic hydroxyl groups is 12. The van der Waals surface area contributed by atoms with E-state index in [1.165, 1.54) is 0 Å². The minimum atomic E-state index is -1.57. The third-order valence-corrected chi connectivity index (χ3v) is 17.7. The normalized spacial score (nSPS) is 25.3. The van der Waals surface area contributed by atoms with E-state index in [-0.39, 0.29) is 191 Å². The second kappa shape index (κ2) is 55.7. The Labute approximate surface area is 609 Å². The van der Waals surface area contributed by atoms with Crippen molar-refractivity contribution >= 4 is 47.0 Å².